The summed E-state index contributed by atoms with van der Waals surface area (Å²) in [6, 6.07) is 0.848. The highest BCUT2D eigenvalue weighted by atomic mass is 16.7. The van der Waals surface area contributed by atoms with Crippen LogP contribution in [0.2, 0.25) is 0 Å². The van der Waals surface area contributed by atoms with E-state index in [-0.39, 0.29) is 107 Å². The molecule has 0 spiro atoms. The van der Waals surface area contributed by atoms with Crippen molar-refractivity contribution in [3.63, 3.8) is 0 Å². The number of aromatic hydroxyl groups is 1. The van der Waals surface area contributed by atoms with Crippen molar-refractivity contribution in [2.75, 3.05) is 26.2 Å². The second-order valence-electron chi connectivity index (χ2n) is 23.5. The van der Waals surface area contributed by atoms with Gasteiger partial charge in [-0.15, -0.1) is 5.06 Å². The molecule has 16 N–H and O–H groups in total. The van der Waals surface area contributed by atoms with Crippen molar-refractivity contribution in [3.05, 3.63) is 84.1 Å². The molecule has 0 saturated carbocycles. The van der Waals surface area contributed by atoms with E-state index in [0.717, 1.165) is 4.90 Å². The van der Waals surface area contributed by atoms with E-state index in [9.17, 15) is 63.0 Å². The summed E-state index contributed by atoms with van der Waals surface area (Å²) in [5.74, 6) is -9.21. The maximum atomic E-state index is 14.7. The number of fused-ring (bicyclic) bond motifs is 1. The number of H-pyrrole nitrogens is 2. The Bertz CT molecular complexity index is 3220. The quantitative estimate of drug-likeness (QED) is 0.0151. The number of imidazole rings is 1. The molecule has 0 radical (unpaired) electrons. The molecule has 2 fully saturated rings. The Hall–Kier alpha value is -9.45. The molecule has 0 unspecified atom stereocenters. The molecule has 2 aliphatic rings. The van der Waals surface area contributed by atoms with Gasteiger partial charge in [-0.05, 0) is 93.0 Å². The van der Waals surface area contributed by atoms with Crippen molar-refractivity contribution in [2.45, 2.75) is 167 Å². The van der Waals surface area contributed by atoms with Gasteiger partial charge < -0.3 is 79.0 Å². The summed E-state index contributed by atoms with van der Waals surface area (Å²) in [6.07, 6.45) is 5.18. The first kappa shape index (κ1) is 70.6. The van der Waals surface area contributed by atoms with Crippen LogP contribution < -0.4 is 54.0 Å². The number of hydroxylamine groups is 2. The number of hydrogen-bond donors (Lipinski definition) is 14. The highest BCUT2D eigenvalue weighted by molar-refractivity contribution is 6.03. The minimum absolute atomic E-state index is 0.000893. The molecule has 9 atom stereocenters. The Kier molecular flexibility index (Phi) is 26.3. The first-order valence-corrected chi connectivity index (χ1v) is 30.5. The first-order valence-electron chi connectivity index (χ1n) is 30.5. The lowest BCUT2D eigenvalue weighted by Gasteiger charge is -2.31. The number of aliphatic imine (C=N–C) groups is 1. The number of aliphatic hydroxyl groups is 1. The first-order chi connectivity index (χ1) is 43.3. The van der Waals surface area contributed by atoms with Gasteiger partial charge in [0.15, 0.2) is 5.96 Å². The second-order valence-corrected chi connectivity index (χ2v) is 23.5. The smallest absolute Gasteiger partial charge is 0.322 e. The molecule has 0 bridgehead atoms. The van der Waals surface area contributed by atoms with Gasteiger partial charge in [0.25, 0.3) is 5.91 Å². The third-order valence-electron chi connectivity index (χ3n) is 15.3. The van der Waals surface area contributed by atoms with Gasteiger partial charge >= 0.3 is 5.97 Å². The number of nitrogens with two attached hydrogens (primary N) is 2. The van der Waals surface area contributed by atoms with E-state index in [4.69, 9.17) is 16.3 Å². The second kappa shape index (κ2) is 33.9. The monoisotopic (exact) mass is 1270 g/mol. The van der Waals surface area contributed by atoms with Crippen molar-refractivity contribution < 1.29 is 67.8 Å². The summed E-state index contributed by atoms with van der Waals surface area (Å²) >= 11 is 0. The van der Waals surface area contributed by atoms with Crippen LogP contribution in [0.25, 0.3) is 10.9 Å². The van der Waals surface area contributed by atoms with Crippen LogP contribution in [-0.4, -0.2) is 187 Å². The normalized spacial score (nSPS) is 17.0. The van der Waals surface area contributed by atoms with E-state index >= 15 is 0 Å². The SMILES string of the molecule is CCN(C(=O)[C@H](CCCN=C(N)N)NC(=O)[C@H](CC(C)C)NC(=O)[C@@H](CC(C)C)NC(=O)[C@@H](Cc1ccc(O)cc1)NC(=O)[C@@H](CO)NC(=O)[C@@H](Cc1c[nH]c2ccccc12)NC(=O)[C@@H](Cc1cnc[nH]1)NC(=O)[C@H]1CCC(=O)N1)C(=O)[C@@H]1CCCN1OC(C)=O. The van der Waals surface area contributed by atoms with E-state index in [1.165, 1.54) is 48.8 Å². The summed E-state index contributed by atoms with van der Waals surface area (Å²) in [7, 11) is 0. The summed E-state index contributed by atoms with van der Waals surface area (Å²) in [5.41, 5.74) is 13.3. The number of phenolic OH excluding ortho intramolecular Hbond substituents is 1. The number of carbonyl (C=O) groups is 11. The molecule has 2 aromatic heterocycles. The Morgan fingerprint density at radius 1 is 0.736 bits per heavy atom. The van der Waals surface area contributed by atoms with E-state index in [1.54, 1.807) is 65.1 Å². The van der Waals surface area contributed by atoms with Gasteiger partial charge in [-0.25, -0.2) is 4.98 Å². The van der Waals surface area contributed by atoms with Crippen LogP contribution in [-0.2, 0) is 76.8 Å². The van der Waals surface area contributed by atoms with Crippen molar-refractivity contribution in [3.8, 4) is 5.75 Å². The number of para-hydroxylation sites is 1. The van der Waals surface area contributed by atoms with Crippen LogP contribution in [0.4, 0.5) is 0 Å². The highest BCUT2D eigenvalue weighted by Crippen LogP contribution is 2.23. The molecular weight excluding hydrogens is 1180 g/mol. The summed E-state index contributed by atoms with van der Waals surface area (Å²) in [5, 5.41) is 44.2. The molecule has 4 heterocycles. The minimum atomic E-state index is -1.77. The number of amides is 10. The van der Waals surface area contributed by atoms with Gasteiger partial charge in [0, 0.05) is 81.2 Å². The van der Waals surface area contributed by atoms with E-state index in [1.807, 2.05) is 0 Å². The maximum Gasteiger partial charge on any atom is 0.322 e. The predicted molar refractivity (Wildman–Crippen MR) is 331 cm³/mol. The van der Waals surface area contributed by atoms with Crippen LogP contribution >= 0.6 is 0 Å². The fraction of sp³-hybridized carbons (Fsp3) is 0.525. The standard InChI is InChI=1S/C61H86N16O14/c1-7-76(60(90)50-15-11-23-77(50)91-35(6)79)59(89)43(14-10-22-65-61(62)63)69-53(83)44(24-33(2)3)70-54(84)45(25-34(4)5)71-55(85)46(26-36-16-18-39(80)19-17-36)72-58(88)49(31-78)75-56(86)47(27-37-29-66-41-13-9-8-12-40(37)41)73-57(87)48(28-38-30-64-32-67-38)74-52(82)42-20-21-51(81)68-42/h8-9,12-13,16-19,29-30,32-34,42-50,66,78,80H,7,10-11,14-15,20-28,31H2,1-6H3,(H,64,67)(H,68,81)(H,69,83)(H,70,84)(H,71,85)(H,72,88)(H,73,87)(H,74,82)(H,75,86)(H4,62,63,65)/t42-,43+,44+,45-,46-,47-,48-,49-,50+/m1/s1. The Morgan fingerprint density at radius 3 is 1.87 bits per heavy atom. The fourth-order valence-corrected chi connectivity index (χ4v) is 10.8. The molecule has 6 rings (SSSR count). The molecule has 2 saturated heterocycles. The van der Waals surface area contributed by atoms with Gasteiger partial charge in [-0.2, -0.15) is 0 Å². The maximum absolute atomic E-state index is 14.7. The number of nitrogens with one attached hydrogen (secondary N) is 10. The van der Waals surface area contributed by atoms with Gasteiger partial charge in [0.05, 0.1) is 12.9 Å². The summed E-state index contributed by atoms with van der Waals surface area (Å²) < 4.78 is 0. The minimum Gasteiger partial charge on any atom is -0.508 e. The summed E-state index contributed by atoms with van der Waals surface area (Å²) in [4.78, 5) is 173. The lowest BCUT2D eigenvalue weighted by Crippen LogP contribution is -2.61. The van der Waals surface area contributed by atoms with Crippen LogP contribution in [0.5, 0.6) is 5.75 Å². The molecule has 2 aliphatic heterocycles. The van der Waals surface area contributed by atoms with Crippen molar-refractivity contribution in [2.24, 2.45) is 28.3 Å². The van der Waals surface area contributed by atoms with E-state index < -0.39 is 120 Å². The lowest BCUT2D eigenvalue weighted by molar-refractivity contribution is -0.195. The molecule has 10 amide bonds. The number of guanidine groups is 1. The van der Waals surface area contributed by atoms with Crippen LogP contribution in [0.1, 0.15) is 110 Å². The topological polar surface area (TPSA) is 449 Å². The molecule has 0 aliphatic carbocycles. The number of imide groups is 1. The molecule has 2 aromatic carbocycles. The lowest BCUT2D eigenvalue weighted by atomic mass is 9.98. The number of nitrogens with zero attached hydrogens (tertiary/aromatic N) is 4. The van der Waals surface area contributed by atoms with Gasteiger partial charge in [-0.1, -0.05) is 58.0 Å². The number of aromatic nitrogens is 3. The average molecular weight is 1270 g/mol. The number of benzene rings is 2. The molecular formula is C61H86N16O14. The van der Waals surface area contributed by atoms with E-state index in [2.05, 4.69) is 62.5 Å². The number of aromatic amines is 2. The van der Waals surface area contributed by atoms with Gasteiger partial charge in [0.2, 0.25) is 53.2 Å². The Morgan fingerprint density at radius 2 is 1.31 bits per heavy atom. The van der Waals surface area contributed by atoms with Crippen molar-refractivity contribution in [1.82, 2.24) is 67.4 Å². The highest BCUT2D eigenvalue weighted by Gasteiger charge is 2.41. The number of aliphatic hydroxyl groups excluding tert-OH is 1. The van der Waals surface area contributed by atoms with Crippen LogP contribution in [0.15, 0.2) is 72.2 Å². The number of hydrogen-bond acceptors (Lipinski definition) is 17. The van der Waals surface area contributed by atoms with Crippen LogP contribution in [0, 0.1) is 11.8 Å². The number of rotatable bonds is 33. The zero-order valence-electron chi connectivity index (χ0n) is 52.0. The van der Waals surface area contributed by atoms with Gasteiger partial charge in [-0.3, -0.25) is 62.6 Å². The van der Waals surface area contributed by atoms with Crippen molar-refractivity contribution >= 4 is 81.9 Å². The van der Waals surface area contributed by atoms with Gasteiger partial charge in [0.1, 0.15) is 60.1 Å². The molecule has 494 valence electrons. The Labute approximate surface area is 526 Å². The molecule has 30 nitrogen and oxygen atoms in total. The Balaban J connectivity index is 1.23. The molecule has 30 heteroatoms. The van der Waals surface area contributed by atoms with Crippen LogP contribution in [0.3, 0.4) is 0 Å². The third-order valence-corrected chi connectivity index (χ3v) is 15.3. The fourth-order valence-electron chi connectivity index (χ4n) is 10.8. The van der Waals surface area contributed by atoms with Crippen molar-refractivity contribution in [1.29, 1.82) is 0 Å². The molecule has 91 heavy (non-hydrogen) atoms. The predicted octanol–water partition coefficient (Wildman–Crippen LogP) is -1.25. The largest absolute Gasteiger partial charge is 0.508 e. The molecule has 4 aromatic rings. The average Bonchev–Trinajstić information content (AvgIpc) is 2.15. The number of likely N-dealkylation sites (N-methyl/N-ethyl adjacent to an activating group) is 1. The summed E-state index contributed by atoms with van der Waals surface area (Å²) in [6.45, 7) is 9.13. The zero-order valence-corrected chi connectivity index (χ0v) is 52.0. The number of phenols is 1. The zero-order chi connectivity index (χ0) is 66.5. The third kappa shape index (κ3) is 21.1. The number of carbonyl (C=O) groups excluding carboxylic acids is 11. The van der Waals surface area contributed by atoms with E-state index in [0.29, 0.717) is 40.6 Å².